The minimum atomic E-state index is 0.0968. The Morgan fingerprint density at radius 2 is 1.74 bits per heavy atom. The molecule has 1 aliphatic rings. The Kier molecular flexibility index (Phi) is 5.29. The second-order valence-electron chi connectivity index (χ2n) is 8.03. The highest BCUT2D eigenvalue weighted by Gasteiger charge is 2.23. The van der Waals surface area contributed by atoms with Crippen LogP contribution in [0.3, 0.4) is 0 Å². The first-order valence-electron chi connectivity index (χ1n) is 10.6. The minimum Gasteiger partial charge on any atom is -0.336 e. The summed E-state index contributed by atoms with van der Waals surface area (Å²) in [6, 6.07) is 18.1. The first-order valence-corrected chi connectivity index (χ1v) is 11.4. The molecule has 2 aromatic heterocycles. The number of rotatable bonds is 4. The van der Waals surface area contributed by atoms with E-state index < -0.39 is 0 Å². The molecule has 0 spiro atoms. The number of fused-ring (bicyclic) bond motifs is 1. The predicted octanol–water partition coefficient (Wildman–Crippen LogP) is 4.06. The molecule has 1 fully saturated rings. The molecule has 6 nitrogen and oxygen atoms in total. The SMILES string of the molecule is Cc1cc(C)n(-c2ccc(C(=O)N3CCN(Cc4nc5ccccc5s4)CC3)cc2)n1. The Morgan fingerprint density at radius 3 is 2.42 bits per heavy atom. The molecule has 0 N–H and O–H groups in total. The van der Waals surface area contributed by atoms with E-state index in [2.05, 4.69) is 28.2 Å². The Balaban J connectivity index is 1.20. The van der Waals surface area contributed by atoms with Crippen LogP contribution in [0.2, 0.25) is 0 Å². The predicted molar refractivity (Wildman–Crippen MR) is 124 cm³/mol. The monoisotopic (exact) mass is 431 g/mol. The smallest absolute Gasteiger partial charge is 0.253 e. The third kappa shape index (κ3) is 4.11. The van der Waals surface area contributed by atoms with Crippen LogP contribution in [0, 0.1) is 13.8 Å². The highest BCUT2D eigenvalue weighted by molar-refractivity contribution is 7.18. The number of nitrogens with zero attached hydrogens (tertiary/aromatic N) is 5. The summed E-state index contributed by atoms with van der Waals surface area (Å²) >= 11 is 1.76. The van der Waals surface area contributed by atoms with Crippen LogP contribution in [-0.2, 0) is 6.54 Å². The van der Waals surface area contributed by atoms with E-state index in [-0.39, 0.29) is 5.91 Å². The van der Waals surface area contributed by atoms with Crippen molar-refractivity contribution < 1.29 is 4.79 Å². The van der Waals surface area contributed by atoms with Gasteiger partial charge in [0.15, 0.2) is 0 Å². The van der Waals surface area contributed by atoms with Crippen LogP contribution in [0.5, 0.6) is 0 Å². The van der Waals surface area contributed by atoms with Crippen molar-refractivity contribution in [3.05, 3.63) is 76.6 Å². The highest BCUT2D eigenvalue weighted by Crippen LogP contribution is 2.23. The van der Waals surface area contributed by atoms with Gasteiger partial charge in [-0.15, -0.1) is 11.3 Å². The number of amides is 1. The zero-order chi connectivity index (χ0) is 21.4. The van der Waals surface area contributed by atoms with Crippen molar-refractivity contribution in [1.82, 2.24) is 24.6 Å². The van der Waals surface area contributed by atoms with Crippen LogP contribution in [-0.4, -0.2) is 56.7 Å². The quantitative estimate of drug-likeness (QED) is 0.489. The van der Waals surface area contributed by atoms with Gasteiger partial charge in [0.1, 0.15) is 5.01 Å². The normalized spacial score (nSPS) is 15.0. The maximum atomic E-state index is 13.0. The van der Waals surface area contributed by atoms with Gasteiger partial charge in [-0.2, -0.15) is 5.10 Å². The summed E-state index contributed by atoms with van der Waals surface area (Å²) in [5, 5.41) is 5.65. The Morgan fingerprint density at radius 1 is 1.00 bits per heavy atom. The third-order valence-corrected chi connectivity index (χ3v) is 6.75. The van der Waals surface area contributed by atoms with Crippen LogP contribution < -0.4 is 0 Å². The van der Waals surface area contributed by atoms with Crippen molar-refractivity contribution in [3.63, 3.8) is 0 Å². The molecule has 158 valence electrons. The van der Waals surface area contributed by atoms with Gasteiger partial charge < -0.3 is 4.90 Å². The van der Waals surface area contributed by atoms with E-state index in [4.69, 9.17) is 4.98 Å². The second-order valence-corrected chi connectivity index (χ2v) is 9.14. The average molecular weight is 432 g/mol. The van der Waals surface area contributed by atoms with Gasteiger partial charge in [-0.3, -0.25) is 9.69 Å². The van der Waals surface area contributed by atoms with Gasteiger partial charge in [0, 0.05) is 37.4 Å². The lowest BCUT2D eigenvalue weighted by atomic mass is 10.1. The zero-order valence-electron chi connectivity index (χ0n) is 17.8. The minimum absolute atomic E-state index is 0.0968. The van der Waals surface area contributed by atoms with E-state index in [1.54, 1.807) is 11.3 Å². The van der Waals surface area contributed by atoms with E-state index in [0.717, 1.165) is 65.9 Å². The highest BCUT2D eigenvalue weighted by atomic mass is 32.1. The molecule has 0 unspecified atom stereocenters. The number of aromatic nitrogens is 3. The number of thiazole rings is 1. The number of benzene rings is 2. The van der Waals surface area contributed by atoms with Crippen molar-refractivity contribution in [1.29, 1.82) is 0 Å². The van der Waals surface area contributed by atoms with Crippen molar-refractivity contribution in [2.24, 2.45) is 0 Å². The van der Waals surface area contributed by atoms with Gasteiger partial charge in [-0.25, -0.2) is 9.67 Å². The number of aryl methyl sites for hydroxylation is 2. The molecule has 0 saturated carbocycles. The topological polar surface area (TPSA) is 54.3 Å². The summed E-state index contributed by atoms with van der Waals surface area (Å²) in [6.07, 6.45) is 0. The van der Waals surface area contributed by atoms with Crippen molar-refractivity contribution in [2.45, 2.75) is 20.4 Å². The Hall–Kier alpha value is -3.03. The van der Waals surface area contributed by atoms with E-state index in [1.165, 1.54) is 4.70 Å². The van der Waals surface area contributed by atoms with Gasteiger partial charge >= 0.3 is 0 Å². The molecule has 0 bridgehead atoms. The Labute approximate surface area is 185 Å². The molecule has 1 saturated heterocycles. The van der Waals surface area contributed by atoms with Gasteiger partial charge in [0.2, 0.25) is 0 Å². The molecule has 2 aromatic carbocycles. The molecule has 0 atom stereocenters. The van der Waals surface area contributed by atoms with Crippen LogP contribution >= 0.6 is 11.3 Å². The number of carbonyl (C=O) groups excluding carboxylic acids is 1. The standard InChI is InChI=1S/C24H25N5OS/c1-17-15-18(2)29(26-17)20-9-7-19(8-10-20)24(30)28-13-11-27(12-14-28)16-23-25-21-5-3-4-6-22(21)31-23/h3-10,15H,11-14,16H2,1-2H3. The number of carbonyl (C=O) groups is 1. The maximum Gasteiger partial charge on any atom is 0.253 e. The molecule has 0 aliphatic carbocycles. The van der Waals surface area contributed by atoms with Gasteiger partial charge in [-0.1, -0.05) is 12.1 Å². The molecule has 1 aliphatic heterocycles. The molecule has 4 aromatic rings. The van der Waals surface area contributed by atoms with Crippen molar-refractivity contribution in [3.8, 4) is 5.69 Å². The summed E-state index contributed by atoms with van der Waals surface area (Å²) in [5.74, 6) is 0.0968. The van der Waals surface area contributed by atoms with Crippen LogP contribution in [0.1, 0.15) is 26.8 Å². The third-order valence-electron chi connectivity index (χ3n) is 5.72. The fraction of sp³-hybridized carbons (Fsp3) is 0.292. The van der Waals surface area contributed by atoms with Gasteiger partial charge in [0.25, 0.3) is 5.91 Å². The number of hydrogen-bond acceptors (Lipinski definition) is 5. The van der Waals surface area contributed by atoms with Crippen LogP contribution in [0.15, 0.2) is 54.6 Å². The summed E-state index contributed by atoms with van der Waals surface area (Å²) in [5.41, 5.74) is 4.84. The summed E-state index contributed by atoms with van der Waals surface area (Å²) in [7, 11) is 0. The van der Waals surface area contributed by atoms with E-state index in [9.17, 15) is 4.79 Å². The molecule has 5 rings (SSSR count). The summed E-state index contributed by atoms with van der Waals surface area (Å²) < 4.78 is 3.14. The summed E-state index contributed by atoms with van der Waals surface area (Å²) in [6.45, 7) is 8.08. The summed E-state index contributed by atoms with van der Waals surface area (Å²) in [4.78, 5) is 22.0. The first kappa shape index (κ1) is 19.9. The van der Waals surface area contributed by atoms with Crippen LogP contribution in [0.25, 0.3) is 15.9 Å². The Bertz CT molecular complexity index is 1190. The van der Waals surface area contributed by atoms with E-state index in [0.29, 0.717) is 0 Å². The lowest BCUT2D eigenvalue weighted by Crippen LogP contribution is -2.48. The molecular weight excluding hydrogens is 406 g/mol. The van der Waals surface area contributed by atoms with Crippen molar-refractivity contribution in [2.75, 3.05) is 26.2 Å². The second kappa shape index (κ2) is 8.24. The molecule has 31 heavy (non-hydrogen) atoms. The lowest BCUT2D eigenvalue weighted by molar-refractivity contribution is 0.0628. The van der Waals surface area contributed by atoms with E-state index >= 15 is 0 Å². The van der Waals surface area contributed by atoms with Gasteiger partial charge in [-0.05, 0) is 56.3 Å². The lowest BCUT2D eigenvalue weighted by Gasteiger charge is -2.34. The molecule has 0 radical (unpaired) electrons. The van der Waals surface area contributed by atoms with E-state index in [1.807, 2.05) is 59.8 Å². The largest absolute Gasteiger partial charge is 0.336 e. The number of hydrogen-bond donors (Lipinski definition) is 0. The van der Waals surface area contributed by atoms with Gasteiger partial charge in [0.05, 0.1) is 28.1 Å². The molecule has 3 heterocycles. The first-order chi connectivity index (χ1) is 15.1. The average Bonchev–Trinajstić information content (AvgIpc) is 3.35. The van der Waals surface area contributed by atoms with Crippen LogP contribution in [0.4, 0.5) is 0 Å². The number of piperazine rings is 1. The fourth-order valence-corrected chi connectivity index (χ4v) is 5.12. The molecule has 1 amide bonds. The fourth-order valence-electron chi connectivity index (χ4n) is 4.11. The number of para-hydroxylation sites is 1. The molecular formula is C24H25N5OS. The van der Waals surface area contributed by atoms with Crippen molar-refractivity contribution >= 4 is 27.5 Å². The molecule has 7 heteroatoms. The zero-order valence-corrected chi connectivity index (χ0v) is 18.6. The maximum absolute atomic E-state index is 13.0.